The van der Waals surface area contributed by atoms with Crippen LogP contribution in [0.3, 0.4) is 0 Å². The predicted octanol–water partition coefficient (Wildman–Crippen LogP) is 3.08. The summed E-state index contributed by atoms with van der Waals surface area (Å²) in [5.41, 5.74) is 13.0. The highest BCUT2D eigenvalue weighted by atomic mass is 14.8. The normalized spacial score (nSPS) is 17.6. The van der Waals surface area contributed by atoms with Crippen molar-refractivity contribution in [2.45, 2.75) is 39.0 Å². The van der Waals surface area contributed by atoms with E-state index >= 15 is 0 Å². The van der Waals surface area contributed by atoms with E-state index in [4.69, 9.17) is 5.73 Å². The molecule has 2 aromatic rings. The maximum atomic E-state index is 5.98. The molecule has 1 aromatic carbocycles. The van der Waals surface area contributed by atoms with Gasteiger partial charge in [-0.3, -0.25) is 0 Å². The highest BCUT2D eigenvalue weighted by Gasteiger charge is 2.45. The van der Waals surface area contributed by atoms with E-state index in [2.05, 4.69) is 37.9 Å². The molecule has 0 atom stereocenters. The van der Waals surface area contributed by atoms with Crippen LogP contribution in [0.15, 0.2) is 12.1 Å². The molecular formula is C15H20N2. The molecule has 0 amide bonds. The second kappa shape index (κ2) is 3.36. The van der Waals surface area contributed by atoms with Crippen molar-refractivity contribution in [3.05, 3.63) is 34.5 Å². The molecule has 0 radical (unpaired) electrons. The van der Waals surface area contributed by atoms with Gasteiger partial charge in [0, 0.05) is 28.6 Å². The van der Waals surface area contributed by atoms with Gasteiger partial charge in [0.2, 0.25) is 0 Å². The predicted molar refractivity (Wildman–Crippen MR) is 72.5 cm³/mol. The zero-order valence-electron chi connectivity index (χ0n) is 10.9. The first-order valence-electron chi connectivity index (χ1n) is 6.37. The van der Waals surface area contributed by atoms with E-state index in [0.717, 1.165) is 6.54 Å². The van der Waals surface area contributed by atoms with Gasteiger partial charge in [0.05, 0.1) is 0 Å². The lowest BCUT2D eigenvalue weighted by molar-refractivity contribution is 0.705. The van der Waals surface area contributed by atoms with Gasteiger partial charge in [-0.15, -0.1) is 0 Å². The summed E-state index contributed by atoms with van der Waals surface area (Å²) in [6.07, 6.45) is 2.48. The first kappa shape index (κ1) is 10.8. The molecule has 2 heteroatoms. The smallest absolute Gasteiger partial charge is 0.0489 e. The van der Waals surface area contributed by atoms with E-state index in [1.54, 1.807) is 0 Å². The number of H-pyrrole nitrogens is 1. The van der Waals surface area contributed by atoms with Crippen LogP contribution >= 0.6 is 0 Å². The van der Waals surface area contributed by atoms with Crippen LogP contribution in [0.4, 0.5) is 0 Å². The zero-order chi connectivity index (χ0) is 12.2. The largest absolute Gasteiger partial charge is 0.358 e. The summed E-state index contributed by atoms with van der Waals surface area (Å²) >= 11 is 0. The summed E-state index contributed by atoms with van der Waals surface area (Å²) in [6, 6.07) is 4.54. The van der Waals surface area contributed by atoms with Gasteiger partial charge in [-0.25, -0.2) is 0 Å². The van der Waals surface area contributed by atoms with Crippen molar-refractivity contribution in [2.24, 2.45) is 5.73 Å². The zero-order valence-corrected chi connectivity index (χ0v) is 10.9. The highest BCUT2D eigenvalue weighted by Crippen LogP contribution is 2.51. The fraction of sp³-hybridized carbons (Fsp3) is 0.467. The SMILES string of the molecule is Cc1cc(C)c2[nH]c(C)c(C3(CN)CC3)c2c1. The molecule has 1 heterocycles. The number of benzene rings is 1. The molecule has 0 unspecified atom stereocenters. The monoisotopic (exact) mass is 228 g/mol. The topological polar surface area (TPSA) is 41.8 Å². The second-order valence-electron chi connectivity index (χ2n) is 5.61. The van der Waals surface area contributed by atoms with Crippen LogP contribution in [0.5, 0.6) is 0 Å². The van der Waals surface area contributed by atoms with Gasteiger partial charge < -0.3 is 10.7 Å². The van der Waals surface area contributed by atoms with E-state index in [9.17, 15) is 0 Å². The van der Waals surface area contributed by atoms with Crippen molar-refractivity contribution < 1.29 is 0 Å². The van der Waals surface area contributed by atoms with Gasteiger partial charge in [-0.05, 0) is 50.8 Å². The molecule has 1 aliphatic carbocycles. The molecule has 1 aromatic heterocycles. The number of aryl methyl sites for hydroxylation is 3. The maximum absolute atomic E-state index is 5.98. The molecule has 1 fully saturated rings. The van der Waals surface area contributed by atoms with Gasteiger partial charge in [0.1, 0.15) is 0 Å². The number of nitrogens with one attached hydrogen (secondary N) is 1. The molecule has 1 saturated carbocycles. The number of rotatable bonds is 2. The Labute approximate surface area is 102 Å². The molecule has 2 nitrogen and oxygen atoms in total. The molecule has 3 rings (SSSR count). The molecule has 90 valence electrons. The van der Waals surface area contributed by atoms with Crippen molar-refractivity contribution >= 4 is 10.9 Å². The fourth-order valence-electron chi connectivity index (χ4n) is 3.17. The Bertz CT molecular complexity index is 588. The number of fused-ring (bicyclic) bond motifs is 1. The first-order valence-corrected chi connectivity index (χ1v) is 6.37. The van der Waals surface area contributed by atoms with Gasteiger partial charge >= 0.3 is 0 Å². The third-order valence-corrected chi connectivity index (χ3v) is 4.21. The first-order chi connectivity index (χ1) is 8.07. The van der Waals surface area contributed by atoms with Gasteiger partial charge in [-0.2, -0.15) is 0 Å². The summed E-state index contributed by atoms with van der Waals surface area (Å²) in [4.78, 5) is 3.55. The third kappa shape index (κ3) is 1.44. The summed E-state index contributed by atoms with van der Waals surface area (Å²) < 4.78 is 0. The minimum absolute atomic E-state index is 0.266. The standard InChI is InChI=1S/C15H20N2/c1-9-6-10(2)14-12(7-9)13(11(3)17-14)15(8-16)4-5-15/h6-7,17H,4-5,8,16H2,1-3H3. The van der Waals surface area contributed by atoms with Crippen LogP contribution in [-0.2, 0) is 5.41 Å². The quantitative estimate of drug-likeness (QED) is 0.815. The van der Waals surface area contributed by atoms with Crippen LogP contribution < -0.4 is 5.73 Å². The lowest BCUT2D eigenvalue weighted by Gasteiger charge is -2.13. The van der Waals surface area contributed by atoms with Crippen LogP contribution in [0.1, 0.15) is 35.2 Å². The number of aromatic nitrogens is 1. The Balaban J connectivity index is 2.34. The summed E-state index contributed by atoms with van der Waals surface area (Å²) in [7, 11) is 0. The molecule has 0 bridgehead atoms. The molecule has 1 aliphatic rings. The number of aromatic amines is 1. The average molecular weight is 228 g/mol. The Morgan fingerprint density at radius 2 is 1.94 bits per heavy atom. The molecular weight excluding hydrogens is 208 g/mol. The Hall–Kier alpha value is -1.28. The second-order valence-corrected chi connectivity index (χ2v) is 5.61. The van der Waals surface area contributed by atoms with E-state index < -0.39 is 0 Å². The Kier molecular flexibility index (Phi) is 2.14. The Morgan fingerprint density at radius 3 is 2.53 bits per heavy atom. The highest BCUT2D eigenvalue weighted by molar-refractivity contribution is 5.89. The summed E-state index contributed by atoms with van der Waals surface area (Å²) in [5.74, 6) is 0. The number of hydrogen-bond acceptors (Lipinski definition) is 1. The van der Waals surface area contributed by atoms with Crippen LogP contribution in [0, 0.1) is 20.8 Å². The minimum atomic E-state index is 0.266. The van der Waals surface area contributed by atoms with Crippen LogP contribution in [-0.4, -0.2) is 11.5 Å². The van der Waals surface area contributed by atoms with E-state index in [-0.39, 0.29) is 5.41 Å². The lowest BCUT2D eigenvalue weighted by Crippen LogP contribution is -2.20. The molecule has 17 heavy (non-hydrogen) atoms. The molecule has 0 aliphatic heterocycles. The number of hydrogen-bond donors (Lipinski definition) is 2. The van der Waals surface area contributed by atoms with E-state index in [1.807, 2.05) is 0 Å². The molecule has 0 saturated heterocycles. The van der Waals surface area contributed by atoms with Crippen LogP contribution in [0.2, 0.25) is 0 Å². The number of nitrogens with two attached hydrogens (primary N) is 1. The van der Waals surface area contributed by atoms with Crippen molar-refractivity contribution in [3.63, 3.8) is 0 Å². The van der Waals surface area contributed by atoms with E-state index in [0.29, 0.717) is 0 Å². The maximum Gasteiger partial charge on any atom is 0.0489 e. The van der Waals surface area contributed by atoms with Crippen LogP contribution in [0.25, 0.3) is 10.9 Å². The van der Waals surface area contributed by atoms with Gasteiger partial charge in [0.25, 0.3) is 0 Å². The molecule has 3 N–H and O–H groups in total. The Morgan fingerprint density at radius 1 is 1.24 bits per heavy atom. The average Bonchev–Trinajstić information content (AvgIpc) is 2.98. The minimum Gasteiger partial charge on any atom is -0.358 e. The fourth-order valence-corrected chi connectivity index (χ4v) is 3.17. The third-order valence-electron chi connectivity index (χ3n) is 4.21. The van der Waals surface area contributed by atoms with Gasteiger partial charge in [0.15, 0.2) is 0 Å². The summed E-state index contributed by atoms with van der Waals surface area (Å²) in [6.45, 7) is 7.30. The van der Waals surface area contributed by atoms with Crippen molar-refractivity contribution in [3.8, 4) is 0 Å². The van der Waals surface area contributed by atoms with Gasteiger partial charge in [-0.1, -0.05) is 11.6 Å². The van der Waals surface area contributed by atoms with E-state index in [1.165, 1.54) is 46.1 Å². The van der Waals surface area contributed by atoms with Crippen molar-refractivity contribution in [1.82, 2.24) is 4.98 Å². The van der Waals surface area contributed by atoms with Crippen molar-refractivity contribution in [1.29, 1.82) is 0 Å². The van der Waals surface area contributed by atoms with Crippen molar-refractivity contribution in [2.75, 3.05) is 6.54 Å². The molecule has 0 spiro atoms. The lowest BCUT2D eigenvalue weighted by atomic mass is 9.92. The summed E-state index contributed by atoms with van der Waals surface area (Å²) in [5, 5.41) is 1.39.